The first-order valence-corrected chi connectivity index (χ1v) is 10.2. The molecule has 2 aromatic carbocycles. The Morgan fingerprint density at radius 3 is 2.76 bits per heavy atom. The topological polar surface area (TPSA) is 146 Å². The number of benzene rings is 2. The van der Waals surface area contributed by atoms with Crippen LogP contribution in [0.25, 0.3) is 22.3 Å². The van der Waals surface area contributed by atoms with Crippen LogP contribution < -0.4 is 10.6 Å². The lowest BCUT2D eigenvalue weighted by Crippen LogP contribution is -2.26. The fourth-order valence-electron chi connectivity index (χ4n) is 3.62. The van der Waals surface area contributed by atoms with Gasteiger partial charge in [0.2, 0.25) is 0 Å². The fourth-order valence-corrected chi connectivity index (χ4v) is 4.73. The van der Waals surface area contributed by atoms with E-state index < -0.39 is 15.9 Å². The first-order chi connectivity index (χ1) is 14.0. The zero-order valence-electron chi connectivity index (χ0n) is 14.9. The van der Waals surface area contributed by atoms with Gasteiger partial charge >= 0.3 is 0 Å². The van der Waals surface area contributed by atoms with Crippen molar-refractivity contribution in [1.29, 1.82) is 0 Å². The maximum absolute atomic E-state index is 13.1. The molecule has 0 radical (unpaired) electrons. The number of amides is 1. The summed E-state index contributed by atoms with van der Waals surface area (Å²) in [6.45, 7) is 0. The number of nitrogens with zero attached hydrogens (tertiary/aromatic N) is 4. The fraction of sp³-hybridized carbons (Fsp3) is 0.111. The molecule has 1 amide bonds. The molecule has 0 saturated heterocycles. The van der Waals surface area contributed by atoms with Gasteiger partial charge in [-0.05, 0) is 40.9 Å². The maximum atomic E-state index is 13.1. The quantitative estimate of drug-likeness (QED) is 0.514. The third-order valence-corrected chi connectivity index (χ3v) is 6.20. The summed E-state index contributed by atoms with van der Waals surface area (Å²) in [5.74, 6) is -0.721. The van der Waals surface area contributed by atoms with E-state index in [2.05, 4.69) is 24.9 Å². The molecule has 1 aliphatic carbocycles. The SMILES string of the molecule is NC(=O)c1nn(NS(=O)(=O)c2cccc3nonc23)c2c1CCc1ccccc1-2. The van der Waals surface area contributed by atoms with Gasteiger partial charge in [0.1, 0.15) is 10.4 Å². The van der Waals surface area contributed by atoms with Crippen LogP contribution in [0.5, 0.6) is 0 Å². The van der Waals surface area contributed by atoms with Crippen molar-refractivity contribution in [2.24, 2.45) is 5.73 Å². The average molecular weight is 410 g/mol. The molecule has 29 heavy (non-hydrogen) atoms. The van der Waals surface area contributed by atoms with E-state index in [0.717, 1.165) is 15.9 Å². The molecule has 0 unspecified atom stereocenters. The highest BCUT2D eigenvalue weighted by atomic mass is 32.2. The van der Waals surface area contributed by atoms with Gasteiger partial charge in [0.15, 0.2) is 11.2 Å². The van der Waals surface area contributed by atoms with Crippen LogP contribution in [0.15, 0.2) is 52.0 Å². The normalized spacial score (nSPS) is 13.1. The molecule has 0 atom stereocenters. The molecule has 0 bridgehead atoms. The van der Waals surface area contributed by atoms with Crippen molar-refractivity contribution in [2.45, 2.75) is 17.7 Å². The van der Waals surface area contributed by atoms with Gasteiger partial charge in [-0.3, -0.25) is 4.79 Å². The number of carbonyl (C=O) groups is 1. The summed E-state index contributed by atoms with van der Waals surface area (Å²) in [5.41, 5.74) is 8.85. The number of hydrogen-bond donors (Lipinski definition) is 2. The van der Waals surface area contributed by atoms with Crippen molar-refractivity contribution in [3.05, 3.63) is 59.3 Å². The van der Waals surface area contributed by atoms with Crippen molar-refractivity contribution in [1.82, 2.24) is 20.2 Å². The third kappa shape index (κ3) is 2.66. The van der Waals surface area contributed by atoms with Crippen LogP contribution in [0.2, 0.25) is 0 Å². The Hall–Kier alpha value is -3.73. The number of fused-ring (bicyclic) bond motifs is 4. The Kier molecular flexibility index (Phi) is 3.68. The summed E-state index contributed by atoms with van der Waals surface area (Å²) < 4.78 is 30.8. The molecule has 0 aliphatic heterocycles. The molecule has 0 saturated carbocycles. The van der Waals surface area contributed by atoms with E-state index in [0.29, 0.717) is 29.6 Å². The number of nitrogens with two attached hydrogens (primary N) is 1. The zero-order chi connectivity index (χ0) is 20.2. The largest absolute Gasteiger partial charge is 0.364 e. The number of hydrogen-bond acceptors (Lipinski definition) is 7. The van der Waals surface area contributed by atoms with E-state index >= 15 is 0 Å². The van der Waals surface area contributed by atoms with Crippen LogP contribution >= 0.6 is 0 Å². The first kappa shape index (κ1) is 17.4. The number of sulfonamides is 1. The Morgan fingerprint density at radius 1 is 1.10 bits per heavy atom. The Morgan fingerprint density at radius 2 is 1.93 bits per heavy atom. The summed E-state index contributed by atoms with van der Waals surface area (Å²) in [7, 11) is -4.12. The minimum atomic E-state index is -4.12. The van der Waals surface area contributed by atoms with Crippen LogP contribution in [0.3, 0.4) is 0 Å². The van der Waals surface area contributed by atoms with E-state index in [1.807, 2.05) is 24.3 Å². The van der Waals surface area contributed by atoms with Gasteiger partial charge in [-0.25, -0.2) is 4.63 Å². The predicted octanol–water partition coefficient (Wildman–Crippen LogP) is 1.22. The van der Waals surface area contributed by atoms with Gasteiger partial charge in [-0.2, -0.15) is 18.0 Å². The second-order valence-electron chi connectivity index (χ2n) is 6.59. The lowest BCUT2D eigenvalue weighted by molar-refractivity contribution is 0.0994. The smallest absolute Gasteiger partial charge is 0.278 e. The molecule has 0 fully saturated rings. The molecule has 146 valence electrons. The number of carbonyl (C=O) groups excluding carboxylic acids is 1. The maximum Gasteiger partial charge on any atom is 0.278 e. The van der Waals surface area contributed by atoms with Gasteiger partial charge in [0, 0.05) is 11.1 Å². The van der Waals surface area contributed by atoms with E-state index in [9.17, 15) is 13.2 Å². The van der Waals surface area contributed by atoms with Crippen molar-refractivity contribution in [3.63, 3.8) is 0 Å². The van der Waals surface area contributed by atoms with E-state index in [1.54, 1.807) is 6.07 Å². The van der Waals surface area contributed by atoms with Crippen LogP contribution in [0.4, 0.5) is 0 Å². The number of aryl methyl sites for hydroxylation is 1. The molecule has 3 N–H and O–H groups in total. The lowest BCUT2D eigenvalue weighted by Gasteiger charge is -2.18. The predicted molar refractivity (Wildman–Crippen MR) is 102 cm³/mol. The molecule has 10 nitrogen and oxygen atoms in total. The average Bonchev–Trinajstić information content (AvgIpc) is 3.32. The van der Waals surface area contributed by atoms with Crippen molar-refractivity contribution < 1.29 is 17.8 Å². The third-order valence-electron chi connectivity index (χ3n) is 4.88. The summed E-state index contributed by atoms with van der Waals surface area (Å²) >= 11 is 0. The van der Waals surface area contributed by atoms with Gasteiger partial charge in [0.25, 0.3) is 15.9 Å². The highest BCUT2D eigenvalue weighted by Gasteiger charge is 2.30. The molecule has 2 heterocycles. The molecule has 1 aliphatic rings. The molecule has 5 rings (SSSR count). The number of aromatic nitrogens is 4. The molecule has 0 spiro atoms. The van der Waals surface area contributed by atoms with Gasteiger partial charge < -0.3 is 5.73 Å². The molecular formula is C18H14N6O4S. The molecule has 2 aromatic heterocycles. The first-order valence-electron chi connectivity index (χ1n) is 8.70. The van der Waals surface area contributed by atoms with Crippen molar-refractivity contribution in [2.75, 3.05) is 4.83 Å². The monoisotopic (exact) mass is 410 g/mol. The highest BCUT2D eigenvalue weighted by molar-refractivity contribution is 7.92. The van der Waals surface area contributed by atoms with Gasteiger partial charge in [0.05, 0.1) is 5.69 Å². The van der Waals surface area contributed by atoms with E-state index in [1.165, 1.54) is 12.1 Å². The van der Waals surface area contributed by atoms with Crippen LogP contribution in [0, 0.1) is 0 Å². The zero-order valence-corrected chi connectivity index (χ0v) is 15.7. The minimum Gasteiger partial charge on any atom is -0.364 e. The number of nitrogens with one attached hydrogen (secondary N) is 1. The second kappa shape index (κ2) is 6.14. The van der Waals surface area contributed by atoms with Crippen molar-refractivity contribution >= 4 is 27.0 Å². The Balaban J connectivity index is 1.68. The summed E-state index contributed by atoms with van der Waals surface area (Å²) in [6.07, 6.45) is 1.22. The molecule has 11 heteroatoms. The van der Waals surface area contributed by atoms with Gasteiger partial charge in [-0.15, -0.1) is 5.10 Å². The number of rotatable bonds is 4. The van der Waals surface area contributed by atoms with Crippen molar-refractivity contribution in [3.8, 4) is 11.3 Å². The summed E-state index contributed by atoms with van der Waals surface area (Å²) in [5, 5.41) is 11.5. The Labute approximate surface area is 164 Å². The van der Waals surface area contributed by atoms with Gasteiger partial charge in [-0.1, -0.05) is 30.3 Å². The van der Waals surface area contributed by atoms with Crippen LogP contribution in [0.1, 0.15) is 21.6 Å². The van der Waals surface area contributed by atoms with Crippen LogP contribution in [-0.2, 0) is 22.9 Å². The Bertz CT molecular complexity index is 1390. The summed E-state index contributed by atoms with van der Waals surface area (Å²) in [4.78, 5) is 15.3. The van der Waals surface area contributed by atoms with E-state index in [-0.39, 0.29) is 16.1 Å². The van der Waals surface area contributed by atoms with Crippen LogP contribution in [-0.4, -0.2) is 34.5 Å². The minimum absolute atomic E-state index is 0.0403. The number of primary amides is 1. The highest BCUT2D eigenvalue weighted by Crippen LogP contribution is 2.35. The molecule has 4 aromatic rings. The summed E-state index contributed by atoms with van der Waals surface area (Å²) in [6, 6.07) is 12.1. The van der Waals surface area contributed by atoms with E-state index in [4.69, 9.17) is 5.73 Å². The standard InChI is InChI=1S/C18H14N6O4S/c19-18(25)15-12-9-8-10-4-1-2-5-11(10)17(12)24(20-15)23-29(26,27)14-7-3-6-13-16(14)22-28-21-13/h1-7,23H,8-9H2,(H2,19,25). The second-order valence-corrected chi connectivity index (χ2v) is 8.22. The lowest BCUT2D eigenvalue weighted by atomic mass is 9.89. The molecular weight excluding hydrogens is 396 g/mol.